The standard InChI is InChI=1S/C39H31ClF3NO2/c1-37(2)33-23-26(39(41,42)43)11-16-31(33)34-29-5-3-4-6-30(29)36-32(35(34)37)17-18-38(46-36,24-7-12-27(40)13-8-24)25-9-14-28(15-10-25)44-19-21-45-22-20-44/h3-18,23H,19-22H2,1-2H3. The van der Waals surface area contributed by atoms with Crippen LogP contribution in [0.2, 0.25) is 5.02 Å². The molecule has 232 valence electrons. The van der Waals surface area contributed by atoms with Crippen LogP contribution in [0.1, 0.15) is 47.2 Å². The lowest BCUT2D eigenvalue weighted by Crippen LogP contribution is -2.37. The van der Waals surface area contributed by atoms with Gasteiger partial charge in [0.2, 0.25) is 0 Å². The van der Waals surface area contributed by atoms with Crippen LogP contribution in [0.25, 0.3) is 28.0 Å². The summed E-state index contributed by atoms with van der Waals surface area (Å²) in [5, 5.41) is 2.49. The van der Waals surface area contributed by atoms with E-state index < -0.39 is 22.8 Å². The van der Waals surface area contributed by atoms with Crippen molar-refractivity contribution in [2.45, 2.75) is 31.0 Å². The molecule has 0 spiro atoms. The number of halogens is 4. The van der Waals surface area contributed by atoms with E-state index in [-0.39, 0.29) is 0 Å². The van der Waals surface area contributed by atoms with Crippen molar-refractivity contribution in [2.24, 2.45) is 0 Å². The van der Waals surface area contributed by atoms with E-state index in [9.17, 15) is 13.2 Å². The molecule has 1 fully saturated rings. The third-order valence-electron chi connectivity index (χ3n) is 9.81. The Labute approximate surface area is 270 Å². The summed E-state index contributed by atoms with van der Waals surface area (Å²) >= 11 is 6.34. The minimum atomic E-state index is -4.43. The number of alkyl halides is 3. The molecule has 1 atom stereocenters. The van der Waals surface area contributed by atoms with Crippen LogP contribution in [0.4, 0.5) is 18.9 Å². The third kappa shape index (κ3) is 4.38. The van der Waals surface area contributed by atoms with Gasteiger partial charge in [0.1, 0.15) is 5.75 Å². The maximum atomic E-state index is 13.9. The van der Waals surface area contributed by atoms with E-state index in [0.717, 1.165) is 62.9 Å². The van der Waals surface area contributed by atoms with Crippen molar-refractivity contribution >= 4 is 34.1 Å². The van der Waals surface area contributed by atoms with Crippen molar-refractivity contribution in [3.63, 3.8) is 0 Å². The van der Waals surface area contributed by atoms with Gasteiger partial charge in [0, 0.05) is 51.3 Å². The van der Waals surface area contributed by atoms with E-state index >= 15 is 0 Å². The second-order valence-corrected chi connectivity index (χ2v) is 13.2. The monoisotopic (exact) mass is 637 g/mol. The Morgan fingerprint density at radius 3 is 2.13 bits per heavy atom. The van der Waals surface area contributed by atoms with Gasteiger partial charge in [0.05, 0.1) is 18.8 Å². The molecule has 0 aromatic heterocycles. The van der Waals surface area contributed by atoms with Gasteiger partial charge in [0.15, 0.2) is 5.60 Å². The van der Waals surface area contributed by atoms with Crippen molar-refractivity contribution in [1.82, 2.24) is 0 Å². The summed E-state index contributed by atoms with van der Waals surface area (Å²) in [7, 11) is 0. The number of hydrogen-bond donors (Lipinski definition) is 0. The van der Waals surface area contributed by atoms with Gasteiger partial charge >= 0.3 is 6.18 Å². The fourth-order valence-electron chi connectivity index (χ4n) is 7.53. The Balaban J connectivity index is 1.34. The van der Waals surface area contributed by atoms with Gasteiger partial charge in [-0.2, -0.15) is 13.2 Å². The van der Waals surface area contributed by atoms with Crippen LogP contribution < -0.4 is 9.64 Å². The second-order valence-electron chi connectivity index (χ2n) is 12.7. The van der Waals surface area contributed by atoms with Gasteiger partial charge in [-0.25, -0.2) is 0 Å². The van der Waals surface area contributed by atoms with Gasteiger partial charge in [-0.1, -0.05) is 86.1 Å². The highest BCUT2D eigenvalue weighted by molar-refractivity contribution is 6.30. The number of fused-ring (bicyclic) bond motifs is 8. The number of ether oxygens (including phenoxy) is 2. The third-order valence-corrected chi connectivity index (χ3v) is 10.1. The van der Waals surface area contributed by atoms with E-state index in [0.29, 0.717) is 29.5 Å². The molecule has 1 aliphatic carbocycles. The molecule has 2 aliphatic heterocycles. The molecule has 0 bridgehead atoms. The predicted molar refractivity (Wildman–Crippen MR) is 178 cm³/mol. The lowest BCUT2D eigenvalue weighted by atomic mass is 9.76. The molecule has 3 aliphatic rings. The Kier molecular flexibility index (Phi) is 6.58. The van der Waals surface area contributed by atoms with Gasteiger partial charge in [-0.15, -0.1) is 0 Å². The first-order chi connectivity index (χ1) is 22.1. The fourth-order valence-corrected chi connectivity index (χ4v) is 7.65. The smallest absolute Gasteiger partial charge is 0.416 e. The molecule has 46 heavy (non-hydrogen) atoms. The van der Waals surface area contributed by atoms with Crippen molar-refractivity contribution in [1.29, 1.82) is 0 Å². The van der Waals surface area contributed by atoms with Crippen LogP contribution in [0, 0.1) is 0 Å². The highest BCUT2D eigenvalue weighted by atomic mass is 35.5. The van der Waals surface area contributed by atoms with Crippen molar-refractivity contribution in [3.8, 4) is 16.9 Å². The zero-order chi connectivity index (χ0) is 31.8. The Morgan fingerprint density at radius 2 is 1.46 bits per heavy atom. The Hall–Kier alpha value is -4.26. The summed E-state index contributed by atoms with van der Waals surface area (Å²) in [4.78, 5) is 2.32. The predicted octanol–water partition coefficient (Wildman–Crippen LogP) is 10.0. The number of rotatable bonds is 3. The summed E-state index contributed by atoms with van der Waals surface area (Å²) in [6.45, 7) is 7.09. The topological polar surface area (TPSA) is 21.7 Å². The van der Waals surface area contributed by atoms with E-state index in [1.54, 1.807) is 6.07 Å². The number of benzene rings is 5. The molecule has 0 saturated carbocycles. The summed E-state index contributed by atoms with van der Waals surface area (Å²) in [5.41, 5.74) is 4.99. The number of anilines is 1. The van der Waals surface area contributed by atoms with Crippen molar-refractivity contribution < 1.29 is 22.6 Å². The minimum Gasteiger partial charge on any atom is -0.472 e. The summed E-state index contributed by atoms with van der Waals surface area (Å²) < 4.78 is 54.5. The maximum absolute atomic E-state index is 13.9. The van der Waals surface area contributed by atoms with E-state index in [2.05, 4.69) is 41.3 Å². The largest absolute Gasteiger partial charge is 0.472 e. The highest BCUT2D eigenvalue weighted by Gasteiger charge is 2.45. The molecule has 1 unspecified atom stereocenters. The molecule has 5 aromatic rings. The zero-order valence-electron chi connectivity index (χ0n) is 25.4. The molecular weight excluding hydrogens is 607 g/mol. The van der Waals surface area contributed by atoms with Gasteiger partial charge in [0.25, 0.3) is 0 Å². The number of nitrogens with zero attached hydrogens (tertiary/aromatic N) is 1. The quantitative estimate of drug-likeness (QED) is 0.197. The zero-order valence-corrected chi connectivity index (χ0v) is 26.2. The lowest BCUT2D eigenvalue weighted by Gasteiger charge is -2.38. The van der Waals surface area contributed by atoms with Gasteiger partial charge in [-0.05, 0) is 70.1 Å². The highest BCUT2D eigenvalue weighted by Crippen LogP contribution is 2.58. The van der Waals surface area contributed by atoms with Crippen LogP contribution in [0.5, 0.6) is 5.75 Å². The molecule has 0 radical (unpaired) electrons. The molecule has 7 heteroatoms. The van der Waals surface area contributed by atoms with Crippen molar-refractivity contribution in [2.75, 3.05) is 31.2 Å². The Bertz CT molecular complexity index is 2030. The molecular formula is C39H31ClF3NO2. The number of morpholine rings is 1. The summed E-state index contributed by atoms with van der Waals surface area (Å²) in [6.07, 6.45) is -0.246. The Morgan fingerprint density at radius 1 is 0.804 bits per heavy atom. The summed E-state index contributed by atoms with van der Waals surface area (Å²) in [6, 6.07) is 28.4. The minimum absolute atomic E-state index is 0.628. The molecule has 5 aromatic carbocycles. The van der Waals surface area contributed by atoms with Crippen LogP contribution in [-0.4, -0.2) is 26.3 Å². The van der Waals surface area contributed by atoms with Crippen molar-refractivity contribution in [3.05, 3.63) is 135 Å². The summed E-state index contributed by atoms with van der Waals surface area (Å²) in [5.74, 6) is 0.709. The van der Waals surface area contributed by atoms with E-state index in [4.69, 9.17) is 21.1 Å². The first-order valence-electron chi connectivity index (χ1n) is 15.5. The van der Waals surface area contributed by atoms with Gasteiger partial charge in [-0.3, -0.25) is 0 Å². The molecule has 0 N–H and O–H groups in total. The maximum Gasteiger partial charge on any atom is 0.416 e. The average molecular weight is 638 g/mol. The van der Waals surface area contributed by atoms with Crippen LogP contribution in [0.3, 0.4) is 0 Å². The SMILES string of the molecule is CC1(C)c2cc(C(F)(F)F)ccc2-c2c1c1c(c3ccccc23)OC(c2ccc(Cl)cc2)(c2ccc(N3CCOCC3)cc2)C=C1. The molecule has 3 nitrogen and oxygen atoms in total. The van der Waals surface area contributed by atoms with Crippen LogP contribution >= 0.6 is 11.6 Å². The first-order valence-corrected chi connectivity index (χ1v) is 15.8. The molecule has 0 amide bonds. The fraction of sp³-hybridized carbons (Fsp3) is 0.231. The number of hydrogen-bond acceptors (Lipinski definition) is 3. The molecule has 8 rings (SSSR count). The average Bonchev–Trinajstić information content (AvgIpc) is 3.31. The van der Waals surface area contributed by atoms with E-state index in [1.165, 1.54) is 12.1 Å². The normalized spacial score (nSPS) is 19.8. The molecule has 1 saturated heterocycles. The van der Waals surface area contributed by atoms with Crippen LogP contribution in [0.15, 0.2) is 97.1 Å². The van der Waals surface area contributed by atoms with E-state index in [1.807, 2.05) is 62.4 Å². The first kappa shape index (κ1) is 29.2. The molecule has 2 heterocycles. The lowest BCUT2D eigenvalue weighted by molar-refractivity contribution is -0.137. The van der Waals surface area contributed by atoms with Crippen LogP contribution in [-0.2, 0) is 21.9 Å². The van der Waals surface area contributed by atoms with Gasteiger partial charge < -0.3 is 14.4 Å². The second kappa shape index (κ2) is 10.4.